The molecular weight excluding hydrogens is 250 g/mol. The first-order valence-electron chi connectivity index (χ1n) is 4.56. The molecule has 0 unspecified atom stereocenters. The summed E-state index contributed by atoms with van der Waals surface area (Å²) in [5.41, 5.74) is -5.19. The molecule has 0 radical (unpaired) electrons. The molecular formula is C7H14F3NO2PS+. The molecule has 1 saturated heterocycles. The average molecular weight is 264 g/mol. The molecule has 1 aliphatic heterocycles. The lowest BCUT2D eigenvalue weighted by Crippen LogP contribution is -2.37. The second-order valence-corrected chi connectivity index (χ2v) is 10.2. The largest absolute Gasteiger partial charge is 0.511 e. The van der Waals surface area contributed by atoms with E-state index in [0.717, 1.165) is 25.2 Å². The lowest BCUT2D eigenvalue weighted by Gasteiger charge is -2.17. The topological polar surface area (TPSA) is 46.2 Å². The summed E-state index contributed by atoms with van der Waals surface area (Å²) < 4.78 is 59.1. The van der Waals surface area contributed by atoms with Crippen LogP contribution in [0.4, 0.5) is 13.2 Å². The van der Waals surface area contributed by atoms with Gasteiger partial charge in [-0.2, -0.15) is 17.9 Å². The maximum absolute atomic E-state index is 12.0. The molecule has 1 rings (SSSR count). The Morgan fingerprint density at radius 2 is 1.73 bits per heavy atom. The molecule has 8 heteroatoms. The van der Waals surface area contributed by atoms with Crippen molar-refractivity contribution in [3.05, 3.63) is 0 Å². The van der Waals surface area contributed by atoms with Gasteiger partial charge in [-0.25, -0.2) is 8.42 Å². The quantitative estimate of drug-likeness (QED) is 0.790. The normalized spacial score (nSPS) is 21.9. The van der Waals surface area contributed by atoms with Crippen LogP contribution in [0.1, 0.15) is 12.8 Å². The molecule has 0 aromatic carbocycles. The summed E-state index contributed by atoms with van der Waals surface area (Å²) in [6.07, 6.45) is 3.74. The fourth-order valence-corrected chi connectivity index (χ4v) is 6.18. The molecule has 0 aliphatic carbocycles. The molecule has 90 valence electrons. The van der Waals surface area contributed by atoms with Crippen molar-refractivity contribution in [2.45, 2.75) is 18.3 Å². The number of halogens is 3. The van der Waals surface area contributed by atoms with E-state index in [-0.39, 0.29) is 6.29 Å². The Morgan fingerprint density at radius 1 is 1.27 bits per heavy atom. The van der Waals surface area contributed by atoms with E-state index in [2.05, 4.69) is 0 Å². The standard InChI is InChI=1S/C7H14F3NO2PS/c1-14(4-2-3-5-14)6-11-15(12,13)7(8,9)10/h11H,2-6H2,1H3/q+1. The predicted octanol–water partition coefficient (Wildman–Crippen LogP) is 1.82. The Hall–Kier alpha value is 0.130. The lowest BCUT2D eigenvalue weighted by molar-refractivity contribution is -0.0446. The van der Waals surface area contributed by atoms with Crippen LogP contribution in [0, 0.1) is 0 Å². The van der Waals surface area contributed by atoms with E-state index in [1.807, 2.05) is 6.66 Å². The van der Waals surface area contributed by atoms with Crippen LogP contribution in [0.5, 0.6) is 0 Å². The highest BCUT2D eigenvalue weighted by Crippen LogP contribution is 2.59. The Balaban J connectivity index is 2.57. The smallest absolute Gasteiger partial charge is 0.203 e. The highest BCUT2D eigenvalue weighted by atomic mass is 32.2. The van der Waals surface area contributed by atoms with Crippen LogP contribution >= 0.6 is 7.26 Å². The van der Waals surface area contributed by atoms with Crippen molar-refractivity contribution >= 4 is 17.3 Å². The second kappa shape index (κ2) is 4.18. The van der Waals surface area contributed by atoms with Crippen LogP contribution in [0.3, 0.4) is 0 Å². The molecule has 0 bridgehead atoms. The molecule has 3 nitrogen and oxygen atoms in total. The lowest BCUT2D eigenvalue weighted by atomic mass is 10.4. The van der Waals surface area contributed by atoms with Crippen LogP contribution in [0.25, 0.3) is 0 Å². The van der Waals surface area contributed by atoms with Gasteiger partial charge in [-0.15, -0.1) is 0 Å². The summed E-state index contributed by atoms with van der Waals surface area (Å²) in [4.78, 5) is 0. The number of hydrogen-bond acceptors (Lipinski definition) is 2. The van der Waals surface area contributed by atoms with Gasteiger partial charge < -0.3 is 0 Å². The van der Waals surface area contributed by atoms with Gasteiger partial charge in [-0.3, -0.25) is 0 Å². The average Bonchev–Trinajstić information content (AvgIpc) is 2.48. The Bertz CT molecular complexity index is 322. The zero-order chi connectivity index (χ0) is 11.7. The monoisotopic (exact) mass is 264 g/mol. The third kappa shape index (κ3) is 3.29. The first-order valence-corrected chi connectivity index (χ1v) is 8.83. The minimum atomic E-state index is -5.19. The molecule has 0 amide bonds. The van der Waals surface area contributed by atoms with E-state index < -0.39 is 22.8 Å². The van der Waals surface area contributed by atoms with Gasteiger partial charge in [-0.05, 0) is 12.8 Å². The van der Waals surface area contributed by atoms with E-state index in [4.69, 9.17) is 0 Å². The maximum atomic E-state index is 12.0. The molecule has 15 heavy (non-hydrogen) atoms. The number of sulfonamides is 1. The fourth-order valence-electron chi connectivity index (χ4n) is 1.58. The van der Waals surface area contributed by atoms with Gasteiger partial charge in [0, 0.05) is 7.26 Å². The van der Waals surface area contributed by atoms with Crippen molar-refractivity contribution in [1.82, 2.24) is 4.72 Å². The fraction of sp³-hybridized carbons (Fsp3) is 1.00. The molecule has 0 aromatic rings. The Morgan fingerprint density at radius 3 is 2.13 bits per heavy atom. The minimum absolute atomic E-state index is 0.0190. The first-order chi connectivity index (χ1) is 6.66. The van der Waals surface area contributed by atoms with E-state index in [0.29, 0.717) is 0 Å². The number of nitrogens with one attached hydrogen (secondary N) is 1. The minimum Gasteiger partial charge on any atom is -0.203 e. The summed E-state index contributed by atoms with van der Waals surface area (Å²) in [6.45, 7) is 1.92. The molecule has 0 aromatic heterocycles. The number of rotatable bonds is 3. The van der Waals surface area contributed by atoms with Gasteiger partial charge in [-0.1, -0.05) is 0 Å². The van der Waals surface area contributed by atoms with Gasteiger partial charge >= 0.3 is 15.5 Å². The van der Waals surface area contributed by atoms with Crippen LogP contribution in [0.15, 0.2) is 0 Å². The zero-order valence-corrected chi connectivity index (χ0v) is 10.1. The van der Waals surface area contributed by atoms with Crippen LogP contribution < -0.4 is 4.72 Å². The SMILES string of the molecule is C[P+]1(CNS(=O)(=O)C(F)(F)F)CCCC1. The van der Waals surface area contributed by atoms with Crippen molar-refractivity contribution in [3.8, 4) is 0 Å². The van der Waals surface area contributed by atoms with Gasteiger partial charge in [0.15, 0.2) is 0 Å². The summed E-state index contributed by atoms with van der Waals surface area (Å²) in [6, 6.07) is 0. The highest BCUT2D eigenvalue weighted by Gasteiger charge is 2.48. The number of alkyl halides is 3. The predicted molar refractivity (Wildman–Crippen MR) is 54.8 cm³/mol. The second-order valence-electron chi connectivity index (χ2n) is 4.03. The zero-order valence-electron chi connectivity index (χ0n) is 8.34. The van der Waals surface area contributed by atoms with Crippen LogP contribution in [-0.4, -0.2) is 39.2 Å². The first kappa shape index (κ1) is 13.2. The molecule has 1 fully saturated rings. The molecule has 0 atom stereocenters. The van der Waals surface area contributed by atoms with E-state index >= 15 is 0 Å². The summed E-state index contributed by atoms with van der Waals surface area (Å²) in [5, 5.41) is 0. The van der Waals surface area contributed by atoms with Gasteiger partial charge in [0.25, 0.3) is 0 Å². The van der Waals surface area contributed by atoms with Gasteiger partial charge in [0.05, 0.1) is 19.0 Å². The third-order valence-electron chi connectivity index (χ3n) is 2.59. The van der Waals surface area contributed by atoms with Crippen molar-refractivity contribution < 1.29 is 21.6 Å². The van der Waals surface area contributed by atoms with E-state index in [1.54, 1.807) is 4.72 Å². The van der Waals surface area contributed by atoms with Crippen molar-refractivity contribution in [1.29, 1.82) is 0 Å². The molecule has 1 heterocycles. The third-order valence-corrected chi connectivity index (χ3v) is 7.65. The Kier molecular flexibility index (Phi) is 3.68. The van der Waals surface area contributed by atoms with E-state index in [1.165, 1.54) is 0 Å². The maximum Gasteiger partial charge on any atom is 0.511 e. The van der Waals surface area contributed by atoms with Crippen molar-refractivity contribution in [3.63, 3.8) is 0 Å². The Labute approximate surface area is 87.8 Å². The van der Waals surface area contributed by atoms with Crippen molar-refractivity contribution in [2.24, 2.45) is 0 Å². The highest BCUT2D eigenvalue weighted by molar-refractivity contribution is 7.91. The molecule has 0 saturated carbocycles. The molecule has 0 spiro atoms. The molecule has 1 aliphatic rings. The summed E-state index contributed by atoms with van der Waals surface area (Å²) in [5.74, 6) is 0. The summed E-state index contributed by atoms with van der Waals surface area (Å²) in [7, 11) is -6.62. The van der Waals surface area contributed by atoms with Crippen LogP contribution in [0.2, 0.25) is 0 Å². The van der Waals surface area contributed by atoms with Gasteiger partial charge in [0.2, 0.25) is 0 Å². The van der Waals surface area contributed by atoms with E-state index in [9.17, 15) is 21.6 Å². The summed E-state index contributed by atoms with van der Waals surface area (Å²) >= 11 is 0. The van der Waals surface area contributed by atoms with Crippen LogP contribution in [-0.2, 0) is 10.0 Å². The van der Waals surface area contributed by atoms with Crippen molar-refractivity contribution in [2.75, 3.05) is 25.3 Å². The van der Waals surface area contributed by atoms with Gasteiger partial charge in [0.1, 0.15) is 6.29 Å². The molecule has 1 N–H and O–H groups in total. The number of hydrogen-bond donors (Lipinski definition) is 1.